The summed E-state index contributed by atoms with van der Waals surface area (Å²) in [4.78, 5) is 18.3. The topological polar surface area (TPSA) is 95.0 Å². The van der Waals surface area contributed by atoms with Crippen LogP contribution in [0.2, 0.25) is 15.1 Å². The molecule has 1 saturated heterocycles. The number of likely N-dealkylation sites (tertiary alicyclic amines) is 1. The quantitative estimate of drug-likeness (QED) is 0.261. The van der Waals surface area contributed by atoms with Crippen molar-refractivity contribution in [1.82, 2.24) is 19.5 Å². The summed E-state index contributed by atoms with van der Waals surface area (Å²) in [5.41, 5.74) is 9.12. The molecule has 5 rings (SSSR count). The van der Waals surface area contributed by atoms with Gasteiger partial charge in [-0.2, -0.15) is 5.10 Å². The number of fused-ring (bicyclic) bond motifs is 1. The minimum absolute atomic E-state index is 0.0464. The highest BCUT2D eigenvalue weighted by atomic mass is 35.5. The molecule has 3 heterocycles. The molecule has 1 aliphatic rings. The van der Waals surface area contributed by atoms with Crippen molar-refractivity contribution in [1.29, 1.82) is 0 Å². The SMILES string of the molecule is C=CC(=O)N1CCC[C@@H](c2c(Cl)c(-c3ccc(Oc4ccc(Cl)c(Cl)c4)c(OC)c3)c3c(N)ncnn23)C1. The number of hydrogen-bond donors (Lipinski definition) is 1. The Morgan fingerprint density at radius 2 is 1.97 bits per heavy atom. The van der Waals surface area contributed by atoms with Gasteiger partial charge in [-0.1, -0.05) is 47.4 Å². The molecule has 8 nitrogen and oxygen atoms in total. The lowest BCUT2D eigenvalue weighted by molar-refractivity contribution is -0.127. The van der Waals surface area contributed by atoms with Gasteiger partial charge in [0, 0.05) is 30.6 Å². The molecule has 11 heteroatoms. The van der Waals surface area contributed by atoms with Gasteiger partial charge < -0.3 is 20.1 Å². The van der Waals surface area contributed by atoms with Crippen molar-refractivity contribution in [3.63, 3.8) is 0 Å². The molecule has 1 fully saturated rings. The van der Waals surface area contributed by atoms with E-state index in [-0.39, 0.29) is 17.6 Å². The lowest BCUT2D eigenvalue weighted by Crippen LogP contribution is -2.38. The molecular weight excluding hydrogens is 549 g/mol. The molecule has 2 N–H and O–H groups in total. The lowest BCUT2D eigenvalue weighted by Gasteiger charge is -2.32. The standard InChI is InChI=1S/C27H24Cl3N5O3/c1-3-22(36)34-10-4-5-16(13-34)25-24(30)23(26-27(31)32-14-33-35(25)26)15-6-9-20(21(11-15)37-2)38-17-7-8-18(28)19(29)12-17/h3,6-9,11-12,14,16H,1,4-5,10,13H2,2H3,(H2,31,32,33)/t16-/m1/s1. The van der Waals surface area contributed by atoms with E-state index in [1.54, 1.807) is 40.8 Å². The fourth-order valence-electron chi connectivity index (χ4n) is 4.83. The number of nitrogens with two attached hydrogens (primary N) is 1. The number of aromatic nitrogens is 3. The van der Waals surface area contributed by atoms with Gasteiger partial charge in [0.15, 0.2) is 17.3 Å². The predicted molar refractivity (Wildman–Crippen MR) is 150 cm³/mol. The summed E-state index contributed by atoms with van der Waals surface area (Å²) < 4.78 is 13.4. The molecule has 1 amide bonds. The number of ether oxygens (including phenoxy) is 2. The van der Waals surface area contributed by atoms with Gasteiger partial charge in [-0.15, -0.1) is 0 Å². The second kappa shape index (κ2) is 10.7. The van der Waals surface area contributed by atoms with E-state index in [1.165, 1.54) is 12.4 Å². The number of carbonyl (C=O) groups is 1. The van der Waals surface area contributed by atoms with Crippen molar-refractivity contribution in [3.8, 4) is 28.4 Å². The van der Waals surface area contributed by atoms with Crippen LogP contribution in [0.15, 0.2) is 55.4 Å². The van der Waals surface area contributed by atoms with Crippen LogP contribution in [0.1, 0.15) is 24.5 Å². The second-order valence-electron chi connectivity index (χ2n) is 8.85. The van der Waals surface area contributed by atoms with Crippen LogP contribution < -0.4 is 15.2 Å². The van der Waals surface area contributed by atoms with Crippen LogP contribution in [0.4, 0.5) is 5.82 Å². The Bertz CT molecular complexity index is 1550. The maximum Gasteiger partial charge on any atom is 0.245 e. The molecule has 2 aromatic heterocycles. The maximum atomic E-state index is 12.3. The van der Waals surface area contributed by atoms with Crippen molar-refractivity contribution >= 4 is 52.0 Å². The van der Waals surface area contributed by atoms with Crippen LogP contribution in [-0.4, -0.2) is 45.6 Å². The van der Waals surface area contributed by atoms with Crippen molar-refractivity contribution in [2.45, 2.75) is 18.8 Å². The largest absolute Gasteiger partial charge is 0.493 e. The zero-order valence-electron chi connectivity index (χ0n) is 20.5. The molecule has 1 atom stereocenters. The molecule has 0 bridgehead atoms. The maximum absolute atomic E-state index is 12.3. The molecule has 0 radical (unpaired) electrons. The summed E-state index contributed by atoms with van der Waals surface area (Å²) in [6.45, 7) is 4.79. The van der Waals surface area contributed by atoms with Crippen LogP contribution in [-0.2, 0) is 4.79 Å². The van der Waals surface area contributed by atoms with Crippen LogP contribution in [0, 0.1) is 0 Å². The van der Waals surface area contributed by atoms with Gasteiger partial charge in [0.2, 0.25) is 5.91 Å². The highest BCUT2D eigenvalue weighted by Crippen LogP contribution is 2.45. The van der Waals surface area contributed by atoms with E-state index in [0.717, 1.165) is 24.1 Å². The molecule has 0 saturated carbocycles. The van der Waals surface area contributed by atoms with E-state index in [9.17, 15) is 4.79 Å². The second-order valence-corrected chi connectivity index (χ2v) is 10.0. The van der Waals surface area contributed by atoms with E-state index in [0.29, 0.717) is 56.5 Å². The Morgan fingerprint density at radius 1 is 1.16 bits per heavy atom. The summed E-state index contributed by atoms with van der Waals surface area (Å²) in [7, 11) is 1.55. The number of amides is 1. The van der Waals surface area contributed by atoms with E-state index >= 15 is 0 Å². The molecule has 2 aromatic carbocycles. The molecular formula is C27H24Cl3N5O3. The normalized spacial score (nSPS) is 15.5. The van der Waals surface area contributed by atoms with E-state index < -0.39 is 0 Å². The van der Waals surface area contributed by atoms with E-state index in [4.69, 9.17) is 50.0 Å². The summed E-state index contributed by atoms with van der Waals surface area (Å²) in [6.07, 6.45) is 4.41. The Morgan fingerprint density at radius 3 is 2.71 bits per heavy atom. The predicted octanol–water partition coefficient (Wildman–Crippen LogP) is 6.63. The summed E-state index contributed by atoms with van der Waals surface area (Å²) >= 11 is 19.2. The first-order valence-electron chi connectivity index (χ1n) is 11.9. The highest BCUT2D eigenvalue weighted by molar-refractivity contribution is 6.42. The number of piperidine rings is 1. The van der Waals surface area contributed by atoms with Gasteiger partial charge in [-0.3, -0.25) is 4.79 Å². The first kappa shape index (κ1) is 26.2. The Hall–Kier alpha value is -3.46. The van der Waals surface area contributed by atoms with Gasteiger partial charge >= 0.3 is 0 Å². The third-order valence-electron chi connectivity index (χ3n) is 6.59. The number of benzene rings is 2. The third kappa shape index (κ3) is 4.75. The Labute approximate surface area is 234 Å². The fourth-order valence-corrected chi connectivity index (χ4v) is 5.55. The summed E-state index contributed by atoms with van der Waals surface area (Å²) in [5, 5.41) is 5.79. The number of nitrogen functional groups attached to an aromatic ring is 1. The zero-order chi connectivity index (χ0) is 27.0. The van der Waals surface area contributed by atoms with E-state index in [1.807, 2.05) is 12.1 Å². The zero-order valence-corrected chi connectivity index (χ0v) is 22.7. The number of nitrogens with zero attached hydrogens (tertiary/aromatic N) is 4. The first-order chi connectivity index (χ1) is 18.3. The van der Waals surface area contributed by atoms with Gasteiger partial charge in [0.25, 0.3) is 0 Å². The Balaban J connectivity index is 1.59. The number of methoxy groups -OCH3 is 1. The minimum atomic E-state index is -0.108. The molecule has 1 aliphatic heterocycles. The lowest BCUT2D eigenvalue weighted by atomic mass is 9.94. The average Bonchev–Trinajstić information content (AvgIpc) is 3.23. The molecule has 0 unspecified atom stereocenters. The van der Waals surface area contributed by atoms with Crippen LogP contribution >= 0.6 is 34.8 Å². The summed E-state index contributed by atoms with van der Waals surface area (Å²) in [6, 6.07) is 10.5. The van der Waals surface area contributed by atoms with Crippen molar-refractivity contribution < 1.29 is 14.3 Å². The number of halogens is 3. The molecule has 0 spiro atoms. The third-order valence-corrected chi connectivity index (χ3v) is 7.71. The number of anilines is 1. The average molecular weight is 573 g/mol. The smallest absolute Gasteiger partial charge is 0.245 e. The first-order valence-corrected chi connectivity index (χ1v) is 13.0. The fraction of sp³-hybridized carbons (Fsp3) is 0.222. The number of carbonyl (C=O) groups excluding carboxylic acids is 1. The van der Waals surface area contributed by atoms with E-state index in [2.05, 4.69) is 16.7 Å². The molecule has 196 valence electrons. The molecule has 38 heavy (non-hydrogen) atoms. The van der Waals surface area contributed by atoms with Crippen LogP contribution in [0.25, 0.3) is 16.6 Å². The van der Waals surface area contributed by atoms with Crippen molar-refractivity contribution in [2.24, 2.45) is 0 Å². The van der Waals surface area contributed by atoms with Gasteiger partial charge in [-0.05, 0) is 48.7 Å². The van der Waals surface area contributed by atoms with Crippen molar-refractivity contribution in [3.05, 3.63) is 76.1 Å². The minimum Gasteiger partial charge on any atom is -0.493 e. The number of rotatable bonds is 6. The van der Waals surface area contributed by atoms with Crippen LogP contribution in [0.3, 0.4) is 0 Å². The van der Waals surface area contributed by atoms with Gasteiger partial charge in [0.1, 0.15) is 17.6 Å². The monoisotopic (exact) mass is 571 g/mol. The molecule has 0 aliphatic carbocycles. The van der Waals surface area contributed by atoms with Crippen molar-refractivity contribution in [2.75, 3.05) is 25.9 Å². The Kier molecular flexibility index (Phi) is 7.38. The van der Waals surface area contributed by atoms with Crippen LogP contribution in [0.5, 0.6) is 17.2 Å². The number of hydrogen-bond acceptors (Lipinski definition) is 6. The highest BCUT2D eigenvalue weighted by Gasteiger charge is 2.31. The molecule has 4 aromatic rings. The van der Waals surface area contributed by atoms with Gasteiger partial charge in [0.05, 0.1) is 27.9 Å². The van der Waals surface area contributed by atoms with Gasteiger partial charge in [-0.25, -0.2) is 9.50 Å². The summed E-state index contributed by atoms with van der Waals surface area (Å²) in [5.74, 6) is 1.59.